The van der Waals surface area contributed by atoms with E-state index in [1.54, 1.807) is 11.2 Å². The van der Waals surface area contributed by atoms with Crippen molar-refractivity contribution in [2.24, 2.45) is 0 Å². The van der Waals surface area contributed by atoms with Crippen molar-refractivity contribution in [2.45, 2.75) is 6.92 Å². The second kappa shape index (κ2) is 8.73. The van der Waals surface area contributed by atoms with Crippen LogP contribution in [-0.2, 0) is 0 Å². The predicted molar refractivity (Wildman–Crippen MR) is 121 cm³/mol. The van der Waals surface area contributed by atoms with Gasteiger partial charge in [-0.3, -0.25) is 0 Å². The maximum atomic E-state index is 5.91. The van der Waals surface area contributed by atoms with Crippen LogP contribution in [0.3, 0.4) is 0 Å². The molecular formula is C24H27N6O+. The Labute approximate surface area is 181 Å². The van der Waals surface area contributed by atoms with E-state index in [0.29, 0.717) is 0 Å². The Hall–Kier alpha value is -3.45. The van der Waals surface area contributed by atoms with Crippen molar-refractivity contribution in [3.8, 4) is 11.4 Å². The monoisotopic (exact) mass is 415 g/mol. The molecule has 5 rings (SSSR count). The highest BCUT2D eigenvalue weighted by Crippen LogP contribution is 2.24. The Balaban J connectivity index is 1.21. The number of hydrogen-bond acceptors (Lipinski definition) is 5. The molecule has 1 saturated heterocycles. The second-order valence-corrected chi connectivity index (χ2v) is 7.98. The first-order valence-electron chi connectivity index (χ1n) is 10.8. The SMILES string of the molecule is Cc1ccc(OCC[NH+]2CCN(c3ncnc4c3cnn4-c3ccccc3)CC2)cc1. The molecule has 7 heteroatoms. The predicted octanol–water partition coefficient (Wildman–Crippen LogP) is 1.91. The van der Waals surface area contributed by atoms with E-state index < -0.39 is 0 Å². The van der Waals surface area contributed by atoms with Crippen molar-refractivity contribution in [3.63, 3.8) is 0 Å². The van der Waals surface area contributed by atoms with E-state index in [0.717, 1.165) is 67.6 Å². The summed E-state index contributed by atoms with van der Waals surface area (Å²) in [6.07, 6.45) is 3.53. The summed E-state index contributed by atoms with van der Waals surface area (Å²) in [6, 6.07) is 18.3. The highest BCUT2D eigenvalue weighted by Gasteiger charge is 2.23. The minimum absolute atomic E-state index is 0.736. The zero-order valence-electron chi connectivity index (χ0n) is 17.7. The van der Waals surface area contributed by atoms with E-state index in [-0.39, 0.29) is 0 Å². The number of quaternary nitrogens is 1. The Kier molecular flexibility index (Phi) is 5.50. The van der Waals surface area contributed by atoms with Crippen LogP contribution in [0.25, 0.3) is 16.7 Å². The van der Waals surface area contributed by atoms with Gasteiger partial charge < -0.3 is 14.5 Å². The Morgan fingerprint density at radius 2 is 1.74 bits per heavy atom. The number of benzene rings is 2. The summed E-state index contributed by atoms with van der Waals surface area (Å²) < 4.78 is 7.79. The van der Waals surface area contributed by atoms with E-state index >= 15 is 0 Å². The van der Waals surface area contributed by atoms with Gasteiger partial charge in [0, 0.05) is 0 Å². The van der Waals surface area contributed by atoms with E-state index in [1.807, 2.05) is 53.3 Å². The number of anilines is 1. The number of rotatable bonds is 6. The molecule has 0 unspecified atom stereocenters. The van der Waals surface area contributed by atoms with Crippen molar-refractivity contribution in [1.29, 1.82) is 0 Å². The summed E-state index contributed by atoms with van der Waals surface area (Å²) in [7, 11) is 0. The topological polar surface area (TPSA) is 60.5 Å². The van der Waals surface area contributed by atoms with Gasteiger partial charge in [-0.15, -0.1) is 0 Å². The lowest BCUT2D eigenvalue weighted by molar-refractivity contribution is -0.900. The first-order chi connectivity index (χ1) is 15.3. The van der Waals surface area contributed by atoms with Crippen LogP contribution >= 0.6 is 0 Å². The molecule has 3 heterocycles. The van der Waals surface area contributed by atoms with E-state index in [1.165, 1.54) is 5.56 Å². The molecule has 1 fully saturated rings. The number of hydrogen-bond donors (Lipinski definition) is 1. The molecule has 0 bridgehead atoms. The first-order valence-corrected chi connectivity index (χ1v) is 10.8. The third-order valence-corrected chi connectivity index (χ3v) is 5.86. The molecule has 7 nitrogen and oxygen atoms in total. The summed E-state index contributed by atoms with van der Waals surface area (Å²) in [5.74, 6) is 1.92. The van der Waals surface area contributed by atoms with Gasteiger partial charge >= 0.3 is 0 Å². The molecule has 0 radical (unpaired) electrons. The number of ether oxygens (including phenoxy) is 1. The van der Waals surface area contributed by atoms with Crippen LogP contribution in [0.15, 0.2) is 67.1 Å². The number of fused-ring (bicyclic) bond motifs is 1. The first kappa shape index (κ1) is 19.5. The molecule has 158 valence electrons. The maximum Gasteiger partial charge on any atom is 0.168 e. The van der Waals surface area contributed by atoms with E-state index in [4.69, 9.17) is 4.74 Å². The molecule has 31 heavy (non-hydrogen) atoms. The third-order valence-electron chi connectivity index (χ3n) is 5.86. The minimum atomic E-state index is 0.736. The van der Waals surface area contributed by atoms with Crippen LogP contribution in [0, 0.1) is 6.92 Å². The van der Waals surface area contributed by atoms with Gasteiger partial charge in [-0.2, -0.15) is 5.10 Å². The van der Waals surface area contributed by atoms with Crippen LogP contribution in [-0.4, -0.2) is 59.1 Å². The standard InChI is InChI=1S/C24H26N6O/c1-19-7-9-21(10-8-19)31-16-15-28-11-13-29(14-12-28)23-22-17-27-30(24(22)26-18-25-23)20-5-3-2-4-6-20/h2-10,17-18H,11-16H2,1H3/p+1. The Morgan fingerprint density at radius 3 is 2.52 bits per heavy atom. The molecule has 1 N–H and O–H groups in total. The van der Waals surface area contributed by atoms with Crippen molar-refractivity contribution in [3.05, 3.63) is 72.7 Å². The highest BCUT2D eigenvalue weighted by molar-refractivity contribution is 5.87. The molecule has 1 aliphatic heterocycles. The van der Waals surface area contributed by atoms with Crippen molar-refractivity contribution >= 4 is 16.9 Å². The number of aromatic nitrogens is 4. The number of para-hydroxylation sites is 1. The van der Waals surface area contributed by atoms with Gasteiger partial charge in [-0.25, -0.2) is 14.6 Å². The third kappa shape index (κ3) is 4.22. The second-order valence-electron chi connectivity index (χ2n) is 7.98. The van der Waals surface area contributed by atoms with Crippen LogP contribution in [0.2, 0.25) is 0 Å². The fraction of sp³-hybridized carbons (Fsp3) is 0.292. The fourth-order valence-corrected chi connectivity index (χ4v) is 4.07. The van der Waals surface area contributed by atoms with Gasteiger partial charge in [0.05, 0.1) is 43.4 Å². The molecule has 4 aromatic rings. The molecule has 2 aromatic carbocycles. The van der Waals surface area contributed by atoms with Crippen LogP contribution in [0.4, 0.5) is 5.82 Å². The number of nitrogens with zero attached hydrogens (tertiary/aromatic N) is 5. The number of nitrogens with one attached hydrogen (secondary N) is 1. The lowest BCUT2D eigenvalue weighted by atomic mass is 10.2. The molecular weight excluding hydrogens is 388 g/mol. The Bertz CT molecular complexity index is 1130. The Morgan fingerprint density at radius 1 is 0.968 bits per heavy atom. The number of piperazine rings is 1. The summed E-state index contributed by atoms with van der Waals surface area (Å²) in [4.78, 5) is 13.0. The molecule has 0 amide bonds. The smallest absolute Gasteiger partial charge is 0.168 e. The summed E-state index contributed by atoms with van der Waals surface area (Å²) >= 11 is 0. The summed E-state index contributed by atoms with van der Waals surface area (Å²) in [5, 5.41) is 5.57. The average molecular weight is 416 g/mol. The fourth-order valence-electron chi connectivity index (χ4n) is 4.07. The van der Waals surface area contributed by atoms with Gasteiger partial charge in [0.2, 0.25) is 0 Å². The van der Waals surface area contributed by atoms with Crippen molar-refractivity contribution in [1.82, 2.24) is 19.7 Å². The molecule has 0 spiro atoms. The zero-order chi connectivity index (χ0) is 21.0. The van der Waals surface area contributed by atoms with Gasteiger partial charge in [0.15, 0.2) is 5.65 Å². The van der Waals surface area contributed by atoms with E-state index in [9.17, 15) is 0 Å². The molecule has 0 atom stereocenters. The largest absolute Gasteiger partial charge is 0.488 e. The summed E-state index contributed by atoms with van der Waals surface area (Å²) in [6.45, 7) is 7.88. The van der Waals surface area contributed by atoms with Gasteiger partial charge in [-0.05, 0) is 31.2 Å². The van der Waals surface area contributed by atoms with E-state index in [2.05, 4.69) is 39.0 Å². The molecule has 0 aliphatic carbocycles. The molecule has 2 aromatic heterocycles. The minimum Gasteiger partial charge on any atom is -0.488 e. The lowest BCUT2D eigenvalue weighted by Gasteiger charge is -2.33. The number of aryl methyl sites for hydroxylation is 1. The maximum absolute atomic E-state index is 5.91. The average Bonchev–Trinajstić information content (AvgIpc) is 3.26. The van der Waals surface area contributed by atoms with Gasteiger partial charge in [-0.1, -0.05) is 35.9 Å². The van der Waals surface area contributed by atoms with Crippen molar-refractivity contribution < 1.29 is 9.64 Å². The van der Waals surface area contributed by atoms with Crippen LogP contribution in [0.1, 0.15) is 5.56 Å². The molecule has 0 saturated carbocycles. The quantitative estimate of drug-likeness (QED) is 0.521. The van der Waals surface area contributed by atoms with Gasteiger partial charge in [0.25, 0.3) is 0 Å². The van der Waals surface area contributed by atoms with Gasteiger partial charge in [0.1, 0.15) is 31.0 Å². The van der Waals surface area contributed by atoms with Crippen LogP contribution < -0.4 is 14.5 Å². The zero-order valence-corrected chi connectivity index (χ0v) is 17.7. The van der Waals surface area contributed by atoms with Crippen molar-refractivity contribution in [2.75, 3.05) is 44.2 Å². The highest BCUT2D eigenvalue weighted by atomic mass is 16.5. The lowest BCUT2D eigenvalue weighted by Crippen LogP contribution is -3.15. The molecule has 1 aliphatic rings. The van der Waals surface area contributed by atoms with Crippen LogP contribution in [0.5, 0.6) is 5.75 Å². The summed E-state index contributed by atoms with van der Waals surface area (Å²) in [5.41, 5.74) is 3.10. The normalized spacial score (nSPS) is 14.8.